The number of rotatable bonds is 1. The number of halogens is 6. The van der Waals surface area contributed by atoms with Gasteiger partial charge in [-0.05, 0) is 18.2 Å². The Bertz CT molecular complexity index is 383. The fourth-order valence-electron chi connectivity index (χ4n) is 0.781. The number of hydrogen-bond acceptors (Lipinski definition) is 1. The van der Waals surface area contributed by atoms with Gasteiger partial charge in [0.15, 0.2) is 0 Å². The highest BCUT2D eigenvalue weighted by Gasteiger charge is 2.34. The van der Waals surface area contributed by atoms with Crippen LogP contribution in [0.15, 0.2) is 32.1 Å². The minimum absolute atomic E-state index is 0.124. The van der Waals surface area contributed by atoms with Crippen molar-refractivity contribution in [1.29, 1.82) is 0 Å². The van der Waals surface area contributed by atoms with Crippen molar-refractivity contribution in [2.45, 2.75) is 6.18 Å². The highest BCUT2D eigenvalue weighted by atomic mass is 79.9. The molecule has 0 aliphatic rings. The van der Waals surface area contributed by atoms with Gasteiger partial charge in [-0.25, -0.2) is 4.99 Å². The fourth-order valence-corrected chi connectivity index (χ4v) is 2.15. The van der Waals surface area contributed by atoms with Crippen molar-refractivity contribution in [2.75, 3.05) is 0 Å². The first kappa shape index (κ1) is 13.0. The Balaban J connectivity index is 3.08. The molecular weight excluding hydrogens is 362 g/mol. The van der Waals surface area contributed by atoms with Gasteiger partial charge in [0.1, 0.15) is 0 Å². The zero-order valence-electron chi connectivity index (χ0n) is 6.95. The predicted octanol–water partition coefficient (Wildman–Crippen LogP) is 5.04. The van der Waals surface area contributed by atoms with E-state index in [-0.39, 0.29) is 5.69 Å². The van der Waals surface area contributed by atoms with Crippen molar-refractivity contribution < 1.29 is 13.2 Å². The summed E-state index contributed by atoms with van der Waals surface area (Å²) in [6, 6.07) is 4.54. The third kappa shape index (κ3) is 4.12. The summed E-state index contributed by atoms with van der Waals surface area (Å²) in [7, 11) is 0. The van der Waals surface area contributed by atoms with Crippen molar-refractivity contribution in [3.8, 4) is 0 Å². The van der Waals surface area contributed by atoms with Gasteiger partial charge >= 0.3 is 6.18 Å². The lowest BCUT2D eigenvalue weighted by atomic mass is 10.3. The molecule has 15 heavy (non-hydrogen) atoms. The van der Waals surface area contributed by atoms with Crippen LogP contribution in [-0.4, -0.2) is 11.3 Å². The smallest absolute Gasteiger partial charge is 0.232 e. The number of alkyl halides is 3. The van der Waals surface area contributed by atoms with Crippen LogP contribution in [0.2, 0.25) is 0 Å². The largest absolute Gasteiger partial charge is 0.444 e. The Labute approximate surface area is 106 Å². The lowest BCUT2D eigenvalue weighted by Gasteiger charge is -2.03. The zero-order chi connectivity index (χ0) is 11.6. The summed E-state index contributed by atoms with van der Waals surface area (Å²) < 4.78 is 37.4. The van der Waals surface area contributed by atoms with E-state index >= 15 is 0 Å². The molecule has 82 valence electrons. The maximum atomic E-state index is 12.0. The molecule has 0 aromatic heterocycles. The average molecular weight is 365 g/mol. The predicted molar refractivity (Wildman–Crippen MR) is 60.8 cm³/mol. The van der Waals surface area contributed by atoms with E-state index in [1.807, 2.05) is 0 Å². The molecule has 0 aliphatic heterocycles. The van der Waals surface area contributed by atoms with Gasteiger partial charge in [0, 0.05) is 8.95 Å². The molecule has 0 saturated heterocycles. The van der Waals surface area contributed by atoms with Crippen molar-refractivity contribution >= 4 is 54.3 Å². The highest BCUT2D eigenvalue weighted by molar-refractivity contribution is 9.11. The van der Waals surface area contributed by atoms with Crippen LogP contribution in [-0.2, 0) is 0 Å². The van der Waals surface area contributed by atoms with Crippen LogP contribution in [0.25, 0.3) is 0 Å². The van der Waals surface area contributed by atoms with Gasteiger partial charge in [-0.3, -0.25) is 0 Å². The molecule has 7 heteroatoms. The number of aliphatic imine (C=N–C) groups is 1. The minimum Gasteiger partial charge on any atom is -0.232 e. The maximum absolute atomic E-state index is 12.0. The molecule has 0 heterocycles. The molecule has 1 nitrogen and oxygen atoms in total. The molecule has 0 amide bonds. The van der Waals surface area contributed by atoms with E-state index in [0.717, 1.165) is 0 Å². The molecule has 0 fully saturated rings. The van der Waals surface area contributed by atoms with E-state index in [9.17, 15) is 13.2 Å². The summed E-state index contributed by atoms with van der Waals surface area (Å²) in [6.07, 6.45) is -4.61. The van der Waals surface area contributed by atoms with Gasteiger partial charge < -0.3 is 0 Å². The molecule has 0 saturated carbocycles. The molecule has 1 aromatic carbocycles. The zero-order valence-corrected chi connectivity index (χ0v) is 10.9. The topological polar surface area (TPSA) is 12.4 Å². The van der Waals surface area contributed by atoms with Gasteiger partial charge in [0.05, 0.1) is 5.69 Å². The van der Waals surface area contributed by atoms with Gasteiger partial charge in [-0.15, -0.1) is 0 Å². The lowest BCUT2D eigenvalue weighted by Crippen LogP contribution is -2.16. The Morgan fingerprint density at radius 3 is 2.00 bits per heavy atom. The van der Waals surface area contributed by atoms with Crippen LogP contribution in [0, 0.1) is 0 Å². The molecule has 0 aliphatic carbocycles. The Kier molecular flexibility index (Phi) is 4.20. The summed E-state index contributed by atoms with van der Waals surface area (Å²) in [4.78, 5) is 3.25. The quantitative estimate of drug-likeness (QED) is 0.618. The van der Waals surface area contributed by atoms with Crippen LogP contribution in [0.4, 0.5) is 18.9 Å². The Morgan fingerprint density at radius 2 is 1.60 bits per heavy atom. The molecule has 0 atom stereocenters. The second-order valence-corrected chi connectivity index (χ2v) is 4.72. The van der Waals surface area contributed by atoms with E-state index in [2.05, 4.69) is 36.9 Å². The molecule has 0 radical (unpaired) electrons. The first-order chi connectivity index (χ1) is 6.79. The molecule has 0 N–H and O–H groups in total. The monoisotopic (exact) mass is 363 g/mol. The first-order valence-electron chi connectivity index (χ1n) is 3.56. The first-order valence-corrected chi connectivity index (χ1v) is 5.53. The summed E-state index contributed by atoms with van der Waals surface area (Å²) in [6.45, 7) is 0. The fraction of sp³-hybridized carbons (Fsp3) is 0.125. The summed E-state index contributed by atoms with van der Waals surface area (Å²) in [5, 5.41) is -1.40. The Hall–Kier alpha value is -0.0700. The van der Waals surface area contributed by atoms with Gasteiger partial charge in [0.25, 0.3) is 0 Å². The third-order valence-electron chi connectivity index (χ3n) is 1.31. The molecule has 0 spiro atoms. The second kappa shape index (κ2) is 4.84. The lowest BCUT2D eigenvalue weighted by molar-refractivity contribution is -0.0558. The SMILES string of the molecule is FC(F)(F)C(Cl)=Nc1cc(Br)cc(Br)c1. The van der Waals surface area contributed by atoms with Crippen LogP contribution in [0.5, 0.6) is 0 Å². The van der Waals surface area contributed by atoms with Gasteiger partial charge in [-0.2, -0.15) is 13.2 Å². The summed E-state index contributed by atoms with van der Waals surface area (Å²) in [5.41, 5.74) is 0.124. The number of hydrogen-bond donors (Lipinski definition) is 0. The van der Waals surface area contributed by atoms with Crippen LogP contribution >= 0.6 is 43.5 Å². The highest BCUT2D eigenvalue weighted by Crippen LogP contribution is 2.28. The number of benzene rings is 1. The second-order valence-electron chi connectivity index (χ2n) is 2.53. The molecule has 1 aromatic rings. The maximum Gasteiger partial charge on any atom is 0.444 e. The summed E-state index contributed by atoms with van der Waals surface area (Å²) in [5.74, 6) is 0. The molecule has 0 bridgehead atoms. The van der Waals surface area contributed by atoms with E-state index in [1.165, 1.54) is 12.1 Å². The standard InChI is InChI=1S/C8H3Br2ClF3N/c9-4-1-5(10)3-6(2-4)15-7(11)8(12,13)14/h1-3H. The van der Waals surface area contributed by atoms with Gasteiger partial charge in [-0.1, -0.05) is 43.5 Å². The van der Waals surface area contributed by atoms with Crippen molar-refractivity contribution in [1.82, 2.24) is 0 Å². The van der Waals surface area contributed by atoms with Crippen LogP contribution in [0.3, 0.4) is 0 Å². The molecular formula is C8H3Br2ClF3N. The summed E-state index contributed by atoms with van der Waals surface area (Å²) >= 11 is 11.3. The van der Waals surface area contributed by atoms with Crippen LogP contribution in [0.1, 0.15) is 0 Å². The number of nitrogens with zero attached hydrogens (tertiary/aromatic N) is 1. The van der Waals surface area contributed by atoms with Gasteiger partial charge in [0.2, 0.25) is 5.17 Å². The van der Waals surface area contributed by atoms with E-state index < -0.39 is 11.3 Å². The van der Waals surface area contributed by atoms with E-state index in [1.54, 1.807) is 6.07 Å². The molecule has 1 rings (SSSR count). The van der Waals surface area contributed by atoms with Crippen molar-refractivity contribution in [3.63, 3.8) is 0 Å². The Morgan fingerprint density at radius 1 is 1.13 bits per heavy atom. The third-order valence-corrected chi connectivity index (χ3v) is 2.52. The molecule has 0 unspecified atom stereocenters. The van der Waals surface area contributed by atoms with Crippen LogP contribution < -0.4 is 0 Å². The minimum atomic E-state index is -4.61. The van der Waals surface area contributed by atoms with E-state index in [0.29, 0.717) is 8.95 Å². The normalized spacial score (nSPS) is 13.1. The van der Waals surface area contributed by atoms with Crippen molar-refractivity contribution in [3.05, 3.63) is 27.1 Å². The average Bonchev–Trinajstić information content (AvgIpc) is 1.99. The van der Waals surface area contributed by atoms with Crippen molar-refractivity contribution in [2.24, 2.45) is 4.99 Å². The van der Waals surface area contributed by atoms with E-state index in [4.69, 9.17) is 11.6 Å².